The number of benzene rings is 1. The highest BCUT2D eigenvalue weighted by atomic mass is 16.7. The van der Waals surface area contributed by atoms with Crippen LogP contribution in [0.1, 0.15) is 19.4 Å². The molecule has 18 heavy (non-hydrogen) atoms. The SMILES string of the molecule is CC1(C)OC[C@@H](O)[C@H](NCc2ccccc2)CO1. The highest BCUT2D eigenvalue weighted by Gasteiger charge is 2.30. The summed E-state index contributed by atoms with van der Waals surface area (Å²) in [6, 6.07) is 10.00. The molecule has 0 amide bonds. The molecule has 0 bridgehead atoms. The second-order valence-corrected chi connectivity index (χ2v) is 5.06. The molecule has 4 nitrogen and oxygen atoms in total. The van der Waals surface area contributed by atoms with Gasteiger partial charge in [0.1, 0.15) is 0 Å². The molecule has 1 aromatic carbocycles. The Labute approximate surface area is 108 Å². The molecule has 0 spiro atoms. The smallest absolute Gasteiger partial charge is 0.162 e. The van der Waals surface area contributed by atoms with Gasteiger partial charge >= 0.3 is 0 Å². The van der Waals surface area contributed by atoms with Crippen LogP contribution in [-0.4, -0.2) is 36.3 Å². The molecule has 0 unspecified atom stereocenters. The molecular formula is C14H21NO3. The Morgan fingerprint density at radius 1 is 1.22 bits per heavy atom. The van der Waals surface area contributed by atoms with E-state index in [4.69, 9.17) is 9.47 Å². The van der Waals surface area contributed by atoms with Gasteiger partial charge in [0.2, 0.25) is 0 Å². The van der Waals surface area contributed by atoms with Gasteiger partial charge in [0, 0.05) is 6.54 Å². The third-order valence-electron chi connectivity index (χ3n) is 3.09. The number of nitrogens with one attached hydrogen (secondary N) is 1. The van der Waals surface area contributed by atoms with E-state index in [2.05, 4.69) is 17.4 Å². The van der Waals surface area contributed by atoms with Crippen LogP contribution in [0, 0.1) is 0 Å². The highest BCUT2D eigenvalue weighted by Crippen LogP contribution is 2.17. The molecule has 4 heteroatoms. The zero-order chi connectivity index (χ0) is 13.0. The molecule has 1 aliphatic rings. The van der Waals surface area contributed by atoms with E-state index in [1.165, 1.54) is 5.56 Å². The fraction of sp³-hybridized carbons (Fsp3) is 0.571. The van der Waals surface area contributed by atoms with Crippen molar-refractivity contribution in [2.45, 2.75) is 38.3 Å². The van der Waals surface area contributed by atoms with Crippen LogP contribution in [0.15, 0.2) is 30.3 Å². The molecule has 0 saturated carbocycles. The number of hydrogen-bond acceptors (Lipinski definition) is 4. The Morgan fingerprint density at radius 2 is 1.89 bits per heavy atom. The van der Waals surface area contributed by atoms with E-state index in [-0.39, 0.29) is 6.04 Å². The van der Waals surface area contributed by atoms with E-state index in [1.54, 1.807) is 0 Å². The van der Waals surface area contributed by atoms with Gasteiger partial charge in [0.05, 0.1) is 25.4 Å². The second-order valence-electron chi connectivity index (χ2n) is 5.06. The third-order valence-corrected chi connectivity index (χ3v) is 3.09. The summed E-state index contributed by atoms with van der Waals surface area (Å²) in [5.74, 6) is -0.621. The Hall–Kier alpha value is -0.940. The first-order chi connectivity index (χ1) is 8.57. The summed E-state index contributed by atoms with van der Waals surface area (Å²) in [5, 5.41) is 13.3. The molecule has 1 heterocycles. The van der Waals surface area contributed by atoms with Gasteiger partial charge in [-0.1, -0.05) is 30.3 Å². The van der Waals surface area contributed by atoms with Crippen molar-refractivity contribution in [2.24, 2.45) is 0 Å². The Kier molecular flexibility index (Phi) is 4.35. The lowest BCUT2D eigenvalue weighted by atomic mass is 10.1. The van der Waals surface area contributed by atoms with E-state index < -0.39 is 11.9 Å². The summed E-state index contributed by atoms with van der Waals surface area (Å²) in [7, 11) is 0. The average molecular weight is 251 g/mol. The maximum atomic E-state index is 9.99. The summed E-state index contributed by atoms with van der Waals surface area (Å²) >= 11 is 0. The van der Waals surface area contributed by atoms with Gasteiger partial charge in [0.15, 0.2) is 5.79 Å². The molecule has 2 atom stereocenters. The van der Waals surface area contributed by atoms with Crippen LogP contribution >= 0.6 is 0 Å². The van der Waals surface area contributed by atoms with Crippen LogP contribution in [0.5, 0.6) is 0 Å². The predicted octanol–water partition coefficient (Wildman–Crippen LogP) is 1.29. The Balaban J connectivity index is 1.88. The summed E-state index contributed by atoms with van der Waals surface area (Å²) in [5.41, 5.74) is 1.19. The lowest BCUT2D eigenvalue weighted by Crippen LogP contribution is -2.43. The number of rotatable bonds is 3. The Bertz CT molecular complexity index is 367. The summed E-state index contributed by atoms with van der Waals surface area (Å²) in [4.78, 5) is 0. The molecule has 1 aromatic rings. The quantitative estimate of drug-likeness (QED) is 0.850. The summed E-state index contributed by atoms with van der Waals surface area (Å²) < 4.78 is 11.1. The van der Waals surface area contributed by atoms with Gasteiger partial charge in [-0.3, -0.25) is 0 Å². The highest BCUT2D eigenvalue weighted by molar-refractivity contribution is 5.14. The molecule has 0 radical (unpaired) electrons. The van der Waals surface area contributed by atoms with Crippen LogP contribution in [0.4, 0.5) is 0 Å². The van der Waals surface area contributed by atoms with E-state index in [9.17, 15) is 5.11 Å². The van der Waals surface area contributed by atoms with Crippen molar-refractivity contribution in [3.05, 3.63) is 35.9 Å². The van der Waals surface area contributed by atoms with Gasteiger partial charge in [0.25, 0.3) is 0 Å². The van der Waals surface area contributed by atoms with E-state index in [0.717, 1.165) is 0 Å². The van der Waals surface area contributed by atoms with Crippen LogP contribution in [0.2, 0.25) is 0 Å². The van der Waals surface area contributed by atoms with E-state index >= 15 is 0 Å². The zero-order valence-electron chi connectivity index (χ0n) is 10.9. The largest absolute Gasteiger partial charge is 0.389 e. The summed E-state index contributed by atoms with van der Waals surface area (Å²) in [6.45, 7) is 5.17. The fourth-order valence-corrected chi connectivity index (χ4v) is 1.89. The lowest BCUT2D eigenvalue weighted by Gasteiger charge is -2.23. The zero-order valence-corrected chi connectivity index (χ0v) is 10.9. The first kappa shape index (κ1) is 13.5. The monoisotopic (exact) mass is 251 g/mol. The van der Waals surface area contributed by atoms with Crippen LogP contribution in [0.3, 0.4) is 0 Å². The molecule has 100 valence electrons. The third kappa shape index (κ3) is 3.78. The standard InChI is InChI=1S/C14H21NO3/c1-14(2)17-9-12(13(16)10-18-14)15-8-11-6-4-3-5-7-11/h3-7,12-13,15-16H,8-10H2,1-2H3/t12-,13-/m1/s1. The van der Waals surface area contributed by atoms with Gasteiger partial charge in [-0.15, -0.1) is 0 Å². The number of aliphatic hydroxyl groups excluding tert-OH is 1. The van der Waals surface area contributed by atoms with Crippen molar-refractivity contribution >= 4 is 0 Å². The number of ether oxygens (including phenoxy) is 2. The van der Waals surface area contributed by atoms with E-state index in [0.29, 0.717) is 19.8 Å². The van der Waals surface area contributed by atoms with Crippen LogP contribution in [0.25, 0.3) is 0 Å². The van der Waals surface area contributed by atoms with Crippen molar-refractivity contribution in [3.8, 4) is 0 Å². The van der Waals surface area contributed by atoms with Gasteiger partial charge in [-0.05, 0) is 19.4 Å². The molecule has 2 rings (SSSR count). The maximum Gasteiger partial charge on any atom is 0.162 e. The topological polar surface area (TPSA) is 50.7 Å². The molecular weight excluding hydrogens is 230 g/mol. The van der Waals surface area contributed by atoms with Gasteiger partial charge < -0.3 is 19.9 Å². The molecule has 1 aliphatic heterocycles. The van der Waals surface area contributed by atoms with Gasteiger partial charge in [-0.2, -0.15) is 0 Å². The minimum absolute atomic E-state index is 0.105. The molecule has 1 fully saturated rings. The van der Waals surface area contributed by atoms with Crippen LogP contribution < -0.4 is 5.32 Å². The van der Waals surface area contributed by atoms with Crippen molar-refractivity contribution in [1.82, 2.24) is 5.32 Å². The fourth-order valence-electron chi connectivity index (χ4n) is 1.89. The predicted molar refractivity (Wildman–Crippen MR) is 69.1 cm³/mol. The minimum atomic E-state index is -0.621. The normalized spacial score (nSPS) is 27.7. The lowest BCUT2D eigenvalue weighted by molar-refractivity contribution is -0.203. The molecule has 0 aromatic heterocycles. The number of aliphatic hydroxyl groups is 1. The van der Waals surface area contributed by atoms with Gasteiger partial charge in [-0.25, -0.2) is 0 Å². The van der Waals surface area contributed by atoms with Crippen molar-refractivity contribution in [1.29, 1.82) is 0 Å². The molecule has 0 aliphatic carbocycles. The minimum Gasteiger partial charge on any atom is -0.389 e. The molecule has 1 saturated heterocycles. The van der Waals surface area contributed by atoms with Crippen molar-refractivity contribution in [3.63, 3.8) is 0 Å². The molecule has 2 N–H and O–H groups in total. The summed E-state index contributed by atoms with van der Waals surface area (Å²) in [6.07, 6.45) is -0.546. The van der Waals surface area contributed by atoms with Crippen molar-refractivity contribution < 1.29 is 14.6 Å². The average Bonchev–Trinajstić information content (AvgIpc) is 2.49. The number of hydrogen-bond donors (Lipinski definition) is 2. The van der Waals surface area contributed by atoms with Crippen molar-refractivity contribution in [2.75, 3.05) is 13.2 Å². The first-order valence-electron chi connectivity index (χ1n) is 6.30. The second kappa shape index (κ2) is 5.80. The van der Waals surface area contributed by atoms with E-state index in [1.807, 2.05) is 32.0 Å². The van der Waals surface area contributed by atoms with Crippen LogP contribution in [-0.2, 0) is 16.0 Å². The Morgan fingerprint density at radius 3 is 2.61 bits per heavy atom. The first-order valence-corrected chi connectivity index (χ1v) is 6.30. The maximum absolute atomic E-state index is 9.99.